The molecule has 0 radical (unpaired) electrons. The van der Waals surface area contributed by atoms with E-state index in [4.69, 9.17) is 4.74 Å². The Morgan fingerprint density at radius 3 is 2.52 bits per heavy atom. The Bertz CT molecular complexity index is 515. The lowest BCUT2D eigenvalue weighted by atomic mass is 9.94. The summed E-state index contributed by atoms with van der Waals surface area (Å²) in [6.07, 6.45) is 4.41. The van der Waals surface area contributed by atoms with Gasteiger partial charge in [0.25, 0.3) is 0 Å². The van der Waals surface area contributed by atoms with Crippen molar-refractivity contribution in [1.29, 1.82) is 0 Å². The van der Waals surface area contributed by atoms with E-state index in [2.05, 4.69) is 5.43 Å². The van der Waals surface area contributed by atoms with Crippen molar-refractivity contribution >= 4 is 12.1 Å². The van der Waals surface area contributed by atoms with Gasteiger partial charge in [-0.2, -0.15) is 0 Å². The van der Waals surface area contributed by atoms with Crippen LogP contribution in [0.3, 0.4) is 0 Å². The topological polar surface area (TPSA) is 78.9 Å². The third kappa shape index (κ3) is 5.25. The van der Waals surface area contributed by atoms with Crippen LogP contribution >= 0.6 is 0 Å². The second kappa shape index (κ2) is 8.53. The van der Waals surface area contributed by atoms with Crippen molar-refractivity contribution in [1.82, 2.24) is 10.4 Å². The average molecular weight is 320 g/mol. The Morgan fingerprint density at radius 2 is 1.91 bits per heavy atom. The predicted molar refractivity (Wildman–Crippen MR) is 85.6 cm³/mol. The predicted octanol–water partition coefficient (Wildman–Crippen LogP) is 2.94. The van der Waals surface area contributed by atoms with Crippen LogP contribution in [0.4, 0.5) is 4.79 Å². The molecule has 1 aliphatic rings. The van der Waals surface area contributed by atoms with Gasteiger partial charge in [-0.1, -0.05) is 49.6 Å². The largest absolute Gasteiger partial charge is 0.480 e. The number of carbonyl (C=O) groups excluding carboxylic acids is 1. The lowest BCUT2D eigenvalue weighted by Crippen LogP contribution is -2.56. The minimum absolute atomic E-state index is 0.0409. The number of carboxylic acid groups (broad SMARTS) is 1. The van der Waals surface area contributed by atoms with Gasteiger partial charge in [0.1, 0.15) is 12.6 Å². The van der Waals surface area contributed by atoms with E-state index in [-0.39, 0.29) is 12.6 Å². The fourth-order valence-electron chi connectivity index (χ4n) is 2.84. The highest BCUT2D eigenvalue weighted by molar-refractivity contribution is 5.74. The summed E-state index contributed by atoms with van der Waals surface area (Å²) in [6.45, 7) is 1.74. The summed E-state index contributed by atoms with van der Waals surface area (Å²) < 4.78 is 5.19. The van der Waals surface area contributed by atoms with E-state index < -0.39 is 18.1 Å². The van der Waals surface area contributed by atoms with Crippen molar-refractivity contribution in [3.8, 4) is 0 Å². The van der Waals surface area contributed by atoms with E-state index in [1.54, 1.807) is 6.92 Å². The average Bonchev–Trinajstić information content (AvgIpc) is 2.59. The van der Waals surface area contributed by atoms with Crippen molar-refractivity contribution in [2.24, 2.45) is 0 Å². The van der Waals surface area contributed by atoms with Crippen molar-refractivity contribution in [3.63, 3.8) is 0 Å². The standard InChI is InChI=1S/C17H24N2O4/c1-13(16(20)21)19(15-10-6-3-7-11-15)18-17(22)23-12-14-8-4-2-5-9-14/h2,4-5,8-9,13,15H,3,6-7,10-12H2,1H3,(H,18,22)(H,20,21)/t13-/m0/s1. The Kier molecular flexibility index (Phi) is 6.40. The highest BCUT2D eigenvalue weighted by Crippen LogP contribution is 2.23. The summed E-state index contributed by atoms with van der Waals surface area (Å²) in [5.74, 6) is -0.959. The first-order valence-electron chi connectivity index (χ1n) is 8.06. The fourth-order valence-corrected chi connectivity index (χ4v) is 2.84. The van der Waals surface area contributed by atoms with Crippen LogP contribution in [-0.4, -0.2) is 34.3 Å². The summed E-state index contributed by atoms with van der Waals surface area (Å²) in [7, 11) is 0. The van der Waals surface area contributed by atoms with E-state index in [1.807, 2.05) is 30.3 Å². The van der Waals surface area contributed by atoms with Crippen molar-refractivity contribution in [2.75, 3.05) is 0 Å². The van der Waals surface area contributed by atoms with Crippen LogP contribution in [0.2, 0.25) is 0 Å². The molecule has 0 saturated heterocycles. The molecule has 0 aliphatic heterocycles. The van der Waals surface area contributed by atoms with E-state index in [0.29, 0.717) is 0 Å². The van der Waals surface area contributed by atoms with Gasteiger partial charge in [-0.05, 0) is 25.3 Å². The molecule has 0 bridgehead atoms. The number of aliphatic carboxylic acids is 1. The third-order valence-electron chi connectivity index (χ3n) is 4.18. The first-order chi connectivity index (χ1) is 11.1. The van der Waals surface area contributed by atoms with Crippen molar-refractivity contribution in [3.05, 3.63) is 35.9 Å². The summed E-state index contributed by atoms with van der Waals surface area (Å²) >= 11 is 0. The lowest BCUT2D eigenvalue weighted by molar-refractivity contribution is -0.145. The molecule has 0 spiro atoms. The molecule has 1 fully saturated rings. The molecular weight excluding hydrogens is 296 g/mol. The second-order valence-corrected chi connectivity index (χ2v) is 5.89. The number of carbonyl (C=O) groups is 2. The maximum absolute atomic E-state index is 12.0. The van der Waals surface area contributed by atoms with Gasteiger partial charge in [0.2, 0.25) is 0 Å². The van der Waals surface area contributed by atoms with Gasteiger partial charge in [0, 0.05) is 6.04 Å². The molecule has 1 aliphatic carbocycles. The molecule has 1 saturated carbocycles. The Balaban J connectivity index is 1.93. The summed E-state index contributed by atoms with van der Waals surface area (Å²) in [5.41, 5.74) is 3.52. The fraction of sp³-hybridized carbons (Fsp3) is 0.529. The zero-order valence-electron chi connectivity index (χ0n) is 13.4. The normalized spacial score (nSPS) is 16.8. The molecular formula is C17H24N2O4. The number of amides is 1. The van der Waals surface area contributed by atoms with Crippen LogP contribution < -0.4 is 5.43 Å². The van der Waals surface area contributed by atoms with Gasteiger partial charge >= 0.3 is 12.1 Å². The summed E-state index contributed by atoms with van der Waals surface area (Å²) in [6, 6.07) is 8.62. The van der Waals surface area contributed by atoms with Gasteiger partial charge in [0.15, 0.2) is 0 Å². The first kappa shape index (κ1) is 17.3. The van der Waals surface area contributed by atoms with Gasteiger partial charge < -0.3 is 9.84 Å². The molecule has 126 valence electrons. The number of carboxylic acids is 1. The summed E-state index contributed by atoms with van der Waals surface area (Å²) in [5, 5.41) is 10.8. The molecule has 2 N–H and O–H groups in total. The number of hydrogen-bond donors (Lipinski definition) is 2. The molecule has 23 heavy (non-hydrogen) atoms. The Hall–Kier alpha value is -2.08. The molecule has 1 atom stereocenters. The summed E-state index contributed by atoms with van der Waals surface area (Å²) in [4.78, 5) is 23.3. The Labute approximate surface area is 136 Å². The Morgan fingerprint density at radius 1 is 1.26 bits per heavy atom. The molecule has 1 amide bonds. The van der Waals surface area contributed by atoms with Crippen LogP contribution in [0.5, 0.6) is 0 Å². The lowest BCUT2D eigenvalue weighted by Gasteiger charge is -2.36. The highest BCUT2D eigenvalue weighted by atomic mass is 16.6. The molecule has 0 heterocycles. The van der Waals surface area contributed by atoms with E-state index in [0.717, 1.165) is 37.7 Å². The first-order valence-corrected chi connectivity index (χ1v) is 8.06. The monoisotopic (exact) mass is 320 g/mol. The van der Waals surface area contributed by atoms with E-state index in [1.165, 1.54) is 5.01 Å². The number of rotatable bonds is 6. The van der Waals surface area contributed by atoms with Crippen LogP contribution in [0.25, 0.3) is 0 Å². The number of hydrogen-bond acceptors (Lipinski definition) is 4. The zero-order valence-corrected chi connectivity index (χ0v) is 13.4. The number of nitrogens with zero attached hydrogens (tertiary/aromatic N) is 1. The number of benzene rings is 1. The maximum Gasteiger partial charge on any atom is 0.422 e. The van der Waals surface area contributed by atoms with E-state index in [9.17, 15) is 14.7 Å². The number of nitrogens with one attached hydrogen (secondary N) is 1. The van der Waals surface area contributed by atoms with Crippen LogP contribution in [0.15, 0.2) is 30.3 Å². The van der Waals surface area contributed by atoms with Gasteiger partial charge in [-0.15, -0.1) is 0 Å². The van der Waals surface area contributed by atoms with Crippen molar-refractivity contribution < 1.29 is 19.4 Å². The minimum atomic E-state index is -0.959. The number of ether oxygens (including phenoxy) is 1. The molecule has 2 rings (SSSR count). The van der Waals surface area contributed by atoms with Crippen molar-refractivity contribution in [2.45, 2.75) is 57.7 Å². The molecule has 1 aromatic carbocycles. The van der Waals surface area contributed by atoms with Gasteiger partial charge in [-0.25, -0.2) is 9.80 Å². The molecule has 6 heteroatoms. The molecule has 6 nitrogen and oxygen atoms in total. The van der Waals surface area contributed by atoms with Crippen LogP contribution in [0.1, 0.15) is 44.6 Å². The van der Waals surface area contributed by atoms with Crippen LogP contribution in [-0.2, 0) is 16.1 Å². The molecule has 1 aromatic rings. The molecule has 0 unspecified atom stereocenters. The van der Waals surface area contributed by atoms with Gasteiger partial charge in [-0.3, -0.25) is 10.2 Å². The quantitative estimate of drug-likeness (QED) is 0.788. The highest BCUT2D eigenvalue weighted by Gasteiger charge is 2.30. The van der Waals surface area contributed by atoms with Crippen LogP contribution in [0, 0.1) is 0 Å². The van der Waals surface area contributed by atoms with E-state index >= 15 is 0 Å². The SMILES string of the molecule is C[C@@H](C(=O)O)N(NC(=O)OCc1ccccc1)C1CCCCC1. The number of hydrazine groups is 1. The maximum atomic E-state index is 12.0. The van der Waals surface area contributed by atoms with Gasteiger partial charge in [0.05, 0.1) is 0 Å². The second-order valence-electron chi connectivity index (χ2n) is 5.89. The zero-order chi connectivity index (χ0) is 16.7. The minimum Gasteiger partial charge on any atom is -0.480 e. The third-order valence-corrected chi connectivity index (χ3v) is 4.18. The molecule has 0 aromatic heterocycles. The smallest absolute Gasteiger partial charge is 0.422 e.